The summed E-state index contributed by atoms with van der Waals surface area (Å²) in [6.45, 7) is 7.47. The summed E-state index contributed by atoms with van der Waals surface area (Å²) in [5.74, 6) is 0.767. The molecule has 25 heavy (non-hydrogen) atoms. The Morgan fingerprint density at radius 1 is 1.24 bits per heavy atom. The highest BCUT2D eigenvalue weighted by atomic mass is 16.6. The van der Waals surface area contributed by atoms with Crippen LogP contribution in [0.25, 0.3) is 0 Å². The fraction of sp³-hybridized carbons (Fsp3) is 0.579. The van der Waals surface area contributed by atoms with Crippen molar-refractivity contribution in [2.24, 2.45) is 0 Å². The molecule has 6 heteroatoms. The third-order valence-electron chi connectivity index (χ3n) is 4.07. The van der Waals surface area contributed by atoms with Crippen molar-refractivity contribution in [1.82, 2.24) is 10.2 Å². The predicted molar refractivity (Wildman–Crippen MR) is 96.2 cm³/mol. The number of hydrogen-bond donors (Lipinski definition) is 1. The standard InChI is InChI=1S/C19H28N2O4/c1-19(2,3)25-18(23)20-15-8-10-21(11-9-15)13-17(22)14-6-5-7-16(12-14)24-4/h5-7,12,15H,8-11,13H2,1-4H3,(H,20,23). The molecule has 0 aromatic heterocycles. The van der Waals surface area contributed by atoms with Crippen LogP contribution in [-0.4, -0.2) is 55.2 Å². The van der Waals surface area contributed by atoms with Crippen LogP contribution in [-0.2, 0) is 4.74 Å². The molecule has 0 unspecified atom stereocenters. The molecule has 138 valence electrons. The van der Waals surface area contributed by atoms with E-state index in [1.165, 1.54) is 0 Å². The molecular formula is C19H28N2O4. The van der Waals surface area contributed by atoms with Gasteiger partial charge in [-0.15, -0.1) is 0 Å². The number of rotatable bonds is 5. The van der Waals surface area contributed by atoms with Crippen molar-refractivity contribution in [2.45, 2.75) is 45.3 Å². The number of ketones is 1. The third-order valence-corrected chi connectivity index (χ3v) is 4.07. The molecule has 6 nitrogen and oxygen atoms in total. The van der Waals surface area contributed by atoms with E-state index in [0.717, 1.165) is 25.9 Å². The van der Waals surface area contributed by atoms with Crippen LogP contribution in [0.1, 0.15) is 44.0 Å². The van der Waals surface area contributed by atoms with Crippen LogP contribution in [0.4, 0.5) is 4.79 Å². The van der Waals surface area contributed by atoms with Crippen LogP contribution < -0.4 is 10.1 Å². The maximum absolute atomic E-state index is 12.4. The molecule has 0 bridgehead atoms. The molecule has 1 aromatic carbocycles. The third kappa shape index (κ3) is 6.38. The lowest BCUT2D eigenvalue weighted by molar-refractivity contribution is 0.0476. The molecule has 1 saturated heterocycles. The van der Waals surface area contributed by atoms with Crippen molar-refractivity contribution in [3.63, 3.8) is 0 Å². The Kier molecular flexibility index (Phi) is 6.42. The zero-order chi connectivity index (χ0) is 18.4. The Morgan fingerprint density at radius 3 is 2.52 bits per heavy atom. The lowest BCUT2D eigenvalue weighted by Gasteiger charge is -2.32. The lowest BCUT2D eigenvalue weighted by Crippen LogP contribution is -2.47. The van der Waals surface area contributed by atoms with Gasteiger partial charge in [-0.05, 0) is 45.7 Å². The first-order valence-corrected chi connectivity index (χ1v) is 8.66. The molecule has 1 N–H and O–H groups in total. The van der Waals surface area contributed by atoms with Crippen LogP contribution in [0, 0.1) is 0 Å². The molecule has 2 rings (SSSR count). The van der Waals surface area contributed by atoms with E-state index in [2.05, 4.69) is 10.2 Å². The van der Waals surface area contributed by atoms with Gasteiger partial charge >= 0.3 is 6.09 Å². The Morgan fingerprint density at radius 2 is 1.92 bits per heavy atom. The summed E-state index contributed by atoms with van der Waals surface area (Å²) in [6.07, 6.45) is 1.24. The van der Waals surface area contributed by atoms with Gasteiger partial charge in [0.2, 0.25) is 0 Å². The van der Waals surface area contributed by atoms with Crippen molar-refractivity contribution in [3.8, 4) is 5.75 Å². The van der Waals surface area contributed by atoms with E-state index in [0.29, 0.717) is 17.9 Å². The molecular weight excluding hydrogens is 320 g/mol. The van der Waals surface area contributed by atoms with Gasteiger partial charge in [-0.2, -0.15) is 0 Å². The van der Waals surface area contributed by atoms with Gasteiger partial charge in [-0.3, -0.25) is 9.69 Å². The van der Waals surface area contributed by atoms with Gasteiger partial charge in [0.05, 0.1) is 13.7 Å². The minimum absolute atomic E-state index is 0.0810. The highest BCUT2D eigenvalue weighted by Gasteiger charge is 2.24. The molecule has 1 aliphatic heterocycles. The van der Waals surface area contributed by atoms with Crippen molar-refractivity contribution in [2.75, 3.05) is 26.7 Å². The fourth-order valence-electron chi connectivity index (χ4n) is 2.80. The van der Waals surface area contributed by atoms with Crippen molar-refractivity contribution < 1.29 is 19.1 Å². The largest absolute Gasteiger partial charge is 0.497 e. The molecule has 0 radical (unpaired) electrons. The van der Waals surface area contributed by atoms with Gasteiger partial charge in [0.25, 0.3) is 0 Å². The van der Waals surface area contributed by atoms with Gasteiger partial charge < -0.3 is 14.8 Å². The summed E-state index contributed by atoms with van der Waals surface area (Å²) in [6, 6.07) is 7.31. The molecule has 0 aliphatic carbocycles. The fourth-order valence-corrected chi connectivity index (χ4v) is 2.80. The molecule has 1 heterocycles. The topological polar surface area (TPSA) is 67.9 Å². The first-order valence-electron chi connectivity index (χ1n) is 8.66. The monoisotopic (exact) mass is 348 g/mol. The van der Waals surface area contributed by atoms with E-state index in [-0.39, 0.29) is 17.9 Å². The Labute approximate surface area is 149 Å². The van der Waals surface area contributed by atoms with Crippen LogP contribution in [0.3, 0.4) is 0 Å². The minimum Gasteiger partial charge on any atom is -0.497 e. The summed E-state index contributed by atoms with van der Waals surface area (Å²) < 4.78 is 10.4. The number of nitrogens with one attached hydrogen (secondary N) is 1. The van der Waals surface area contributed by atoms with Crippen molar-refractivity contribution in [3.05, 3.63) is 29.8 Å². The van der Waals surface area contributed by atoms with Gasteiger partial charge in [0.1, 0.15) is 11.4 Å². The SMILES string of the molecule is COc1cccc(C(=O)CN2CCC(NC(=O)OC(C)(C)C)CC2)c1. The Balaban J connectivity index is 1.78. The van der Waals surface area contributed by atoms with Gasteiger partial charge in [-0.25, -0.2) is 4.79 Å². The number of Topliss-reactive ketones (excluding diaryl/α,β-unsaturated/α-hetero) is 1. The second kappa shape index (κ2) is 8.34. The van der Waals surface area contributed by atoms with E-state index >= 15 is 0 Å². The number of likely N-dealkylation sites (tertiary alicyclic amines) is 1. The summed E-state index contributed by atoms with van der Waals surface area (Å²) in [7, 11) is 1.59. The number of amides is 1. The lowest BCUT2D eigenvalue weighted by atomic mass is 10.0. The van der Waals surface area contributed by atoms with Gasteiger partial charge in [0, 0.05) is 24.7 Å². The van der Waals surface area contributed by atoms with Gasteiger partial charge in [0.15, 0.2) is 5.78 Å². The van der Waals surface area contributed by atoms with Crippen molar-refractivity contribution >= 4 is 11.9 Å². The molecule has 0 spiro atoms. The zero-order valence-electron chi connectivity index (χ0n) is 15.5. The van der Waals surface area contributed by atoms with E-state index in [1.807, 2.05) is 39.0 Å². The van der Waals surface area contributed by atoms with Gasteiger partial charge in [-0.1, -0.05) is 12.1 Å². The maximum atomic E-state index is 12.4. The first-order chi connectivity index (χ1) is 11.8. The number of carbonyl (C=O) groups is 2. The molecule has 0 atom stereocenters. The van der Waals surface area contributed by atoms with Crippen LogP contribution >= 0.6 is 0 Å². The second-order valence-corrected chi connectivity index (χ2v) is 7.35. The second-order valence-electron chi connectivity index (χ2n) is 7.35. The van der Waals surface area contributed by atoms with E-state index in [9.17, 15) is 9.59 Å². The van der Waals surface area contributed by atoms with E-state index in [4.69, 9.17) is 9.47 Å². The number of nitrogens with zero attached hydrogens (tertiary/aromatic N) is 1. The highest BCUT2D eigenvalue weighted by molar-refractivity contribution is 5.97. The minimum atomic E-state index is -0.492. The number of hydrogen-bond acceptors (Lipinski definition) is 5. The number of methoxy groups -OCH3 is 1. The number of benzene rings is 1. The van der Waals surface area contributed by atoms with Crippen LogP contribution in [0.2, 0.25) is 0 Å². The summed E-state index contributed by atoms with van der Waals surface area (Å²) in [4.78, 5) is 26.3. The normalized spacial score (nSPS) is 16.3. The number of carbonyl (C=O) groups excluding carboxylic acids is 2. The van der Waals surface area contributed by atoms with E-state index < -0.39 is 5.60 Å². The number of ether oxygens (including phenoxy) is 2. The molecule has 1 amide bonds. The molecule has 1 aliphatic rings. The highest BCUT2D eigenvalue weighted by Crippen LogP contribution is 2.16. The Hall–Kier alpha value is -2.08. The molecule has 0 saturated carbocycles. The smallest absolute Gasteiger partial charge is 0.407 e. The average molecular weight is 348 g/mol. The summed E-state index contributed by atoms with van der Waals surface area (Å²) >= 11 is 0. The average Bonchev–Trinajstić information content (AvgIpc) is 2.55. The summed E-state index contributed by atoms with van der Waals surface area (Å²) in [5.41, 5.74) is 0.168. The first kappa shape index (κ1) is 19.2. The maximum Gasteiger partial charge on any atom is 0.407 e. The number of piperidine rings is 1. The Bertz CT molecular complexity index is 602. The molecule has 1 fully saturated rings. The predicted octanol–water partition coefficient (Wildman–Crippen LogP) is 2.87. The van der Waals surface area contributed by atoms with Crippen molar-refractivity contribution in [1.29, 1.82) is 0 Å². The zero-order valence-corrected chi connectivity index (χ0v) is 15.5. The summed E-state index contributed by atoms with van der Waals surface area (Å²) in [5, 5.41) is 2.91. The number of alkyl carbamates (subject to hydrolysis) is 1. The van der Waals surface area contributed by atoms with Crippen LogP contribution in [0.5, 0.6) is 5.75 Å². The van der Waals surface area contributed by atoms with Crippen LogP contribution in [0.15, 0.2) is 24.3 Å². The van der Waals surface area contributed by atoms with E-state index in [1.54, 1.807) is 13.2 Å². The molecule has 1 aromatic rings. The quantitative estimate of drug-likeness (QED) is 0.829.